The van der Waals surface area contributed by atoms with Crippen LogP contribution in [-0.4, -0.2) is 36.2 Å². The smallest absolute Gasteiger partial charge is 0.237 e. The summed E-state index contributed by atoms with van der Waals surface area (Å²) in [5, 5.41) is 14.8. The molecule has 0 spiro atoms. The molecule has 4 nitrogen and oxygen atoms in total. The summed E-state index contributed by atoms with van der Waals surface area (Å²) in [5.41, 5.74) is 0. The van der Waals surface area contributed by atoms with Crippen molar-refractivity contribution >= 4 is 5.91 Å². The van der Waals surface area contributed by atoms with Crippen molar-refractivity contribution in [2.75, 3.05) is 13.2 Å². The number of aliphatic hydroxyl groups is 1. The molecule has 0 aliphatic carbocycles. The van der Waals surface area contributed by atoms with Gasteiger partial charge in [0.15, 0.2) is 0 Å². The molecular weight excluding hydrogens is 180 g/mol. The minimum absolute atomic E-state index is 0.00153. The summed E-state index contributed by atoms with van der Waals surface area (Å²) in [7, 11) is 0. The van der Waals surface area contributed by atoms with Crippen molar-refractivity contribution < 1.29 is 9.90 Å². The topological polar surface area (TPSA) is 61.4 Å². The summed E-state index contributed by atoms with van der Waals surface area (Å²) in [4.78, 5) is 11.6. The fourth-order valence-corrected chi connectivity index (χ4v) is 1.64. The molecule has 1 heterocycles. The van der Waals surface area contributed by atoms with Gasteiger partial charge in [-0.25, -0.2) is 0 Å². The third-order valence-electron chi connectivity index (χ3n) is 2.54. The maximum Gasteiger partial charge on any atom is 0.237 e. The van der Waals surface area contributed by atoms with Crippen LogP contribution in [0.2, 0.25) is 0 Å². The molecule has 14 heavy (non-hydrogen) atoms. The number of rotatable bonds is 3. The molecule has 2 atom stereocenters. The fraction of sp³-hybridized carbons (Fsp3) is 0.900. The monoisotopic (exact) mass is 200 g/mol. The first-order chi connectivity index (χ1) is 6.74. The summed E-state index contributed by atoms with van der Waals surface area (Å²) in [6.45, 7) is 2.72. The van der Waals surface area contributed by atoms with Gasteiger partial charge in [0.25, 0.3) is 0 Å². The second-order valence-corrected chi connectivity index (χ2v) is 3.95. The van der Waals surface area contributed by atoms with Gasteiger partial charge in [0.05, 0.1) is 12.6 Å². The molecule has 0 radical (unpaired) electrons. The Morgan fingerprint density at radius 2 is 2.36 bits per heavy atom. The zero-order valence-electron chi connectivity index (χ0n) is 8.75. The normalized spacial score (nSPS) is 25.1. The Morgan fingerprint density at radius 1 is 1.57 bits per heavy atom. The van der Waals surface area contributed by atoms with Crippen molar-refractivity contribution in [3.63, 3.8) is 0 Å². The summed E-state index contributed by atoms with van der Waals surface area (Å²) >= 11 is 0. The molecule has 0 aromatic rings. The van der Waals surface area contributed by atoms with Gasteiger partial charge < -0.3 is 15.7 Å². The maximum atomic E-state index is 11.6. The minimum Gasteiger partial charge on any atom is -0.394 e. The summed E-state index contributed by atoms with van der Waals surface area (Å²) in [5.74, 6) is 0.0217. The van der Waals surface area contributed by atoms with Crippen molar-refractivity contribution in [3.05, 3.63) is 0 Å². The van der Waals surface area contributed by atoms with Crippen LogP contribution in [0.25, 0.3) is 0 Å². The van der Waals surface area contributed by atoms with Gasteiger partial charge >= 0.3 is 0 Å². The third-order valence-corrected chi connectivity index (χ3v) is 2.54. The third kappa shape index (κ3) is 3.64. The first-order valence-electron chi connectivity index (χ1n) is 5.38. The van der Waals surface area contributed by atoms with Gasteiger partial charge in [-0.2, -0.15) is 0 Å². The Morgan fingerprint density at radius 3 is 3.07 bits per heavy atom. The van der Waals surface area contributed by atoms with Crippen LogP contribution in [0.1, 0.15) is 32.6 Å². The molecule has 0 saturated carbocycles. The van der Waals surface area contributed by atoms with Crippen LogP contribution in [0.4, 0.5) is 0 Å². The van der Waals surface area contributed by atoms with E-state index in [1.807, 2.05) is 0 Å². The van der Waals surface area contributed by atoms with Crippen LogP contribution >= 0.6 is 0 Å². The number of hydrogen-bond acceptors (Lipinski definition) is 3. The molecule has 4 heteroatoms. The molecule has 1 fully saturated rings. The van der Waals surface area contributed by atoms with Crippen LogP contribution < -0.4 is 10.6 Å². The first-order valence-corrected chi connectivity index (χ1v) is 5.38. The van der Waals surface area contributed by atoms with E-state index in [0.717, 1.165) is 25.8 Å². The molecule has 0 aromatic carbocycles. The van der Waals surface area contributed by atoms with Gasteiger partial charge in [0, 0.05) is 6.04 Å². The molecule has 0 bridgehead atoms. The lowest BCUT2D eigenvalue weighted by Gasteiger charge is -2.18. The lowest BCUT2D eigenvalue weighted by molar-refractivity contribution is -0.124. The highest BCUT2D eigenvalue weighted by molar-refractivity contribution is 5.82. The zero-order chi connectivity index (χ0) is 10.4. The number of carbonyl (C=O) groups is 1. The second kappa shape index (κ2) is 5.98. The highest BCUT2D eigenvalue weighted by Crippen LogP contribution is 2.08. The van der Waals surface area contributed by atoms with Gasteiger partial charge in [-0.05, 0) is 26.3 Å². The summed E-state index contributed by atoms with van der Waals surface area (Å²) in [6, 6.07) is -0.209. The summed E-state index contributed by atoms with van der Waals surface area (Å²) in [6.07, 6.45) is 4.37. The molecule has 82 valence electrons. The number of aliphatic hydroxyl groups excluding tert-OH is 1. The van der Waals surface area contributed by atoms with E-state index in [0.29, 0.717) is 0 Å². The number of hydrogen-bond donors (Lipinski definition) is 3. The molecular formula is C10H20N2O2. The van der Waals surface area contributed by atoms with Gasteiger partial charge in [-0.3, -0.25) is 4.79 Å². The standard InChI is InChI=1S/C10H20N2O2/c1-8(7-13)12-10(14)9-5-3-2-4-6-11-9/h8-9,11,13H,2-7H2,1H3,(H,12,14). The average molecular weight is 200 g/mol. The number of amides is 1. The highest BCUT2D eigenvalue weighted by atomic mass is 16.3. The molecule has 2 unspecified atom stereocenters. The fourth-order valence-electron chi connectivity index (χ4n) is 1.64. The van der Waals surface area contributed by atoms with E-state index >= 15 is 0 Å². The Balaban J connectivity index is 2.34. The quantitative estimate of drug-likeness (QED) is 0.601. The maximum absolute atomic E-state index is 11.6. The molecule has 0 aromatic heterocycles. The van der Waals surface area contributed by atoms with Crippen molar-refractivity contribution in [2.45, 2.75) is 44.7 Å². The van der Waals surface area contributed by atoms with E-state index in [9.17, 15) is 4.79 Å². The van der Waals surface area contributed by atoms with Crippen molar-refractivity contribution in [2.24, 2.45) is 0 Å². The molecule has 1 aliphatic heterocycles. The highest BCUT2D eigenvalue weighted by Gasteiger charge is 2.20. The lowest BCUT2D eigenvalue weighted by atomic mass is 10.1. The lowest BCUT2D eigenvalue weighted by Crippen LogP contribution is -2.47. The van der Waals surface area contributed by atoms with E-state index in [-0.39, 0.29) is 24.6 Å². The average Bonchev–Trinajstić information content (AvgIpc) is 2.45. The Labute approximate surface area is 85.1 Å². The van der Waals surface area contributed by atoms with Crippen LogP contribution in [0, 0.1) is 0 Å². The largest absolute Gasteiger partial charge is 0.394 e. The van der Waals surface area contributed by atoms with Crippen molar-refractivity contribution in [1.29, 1.82) is 0 Å². The molecule has 1 saturated heterocycles. The molecule has 1 aliphatic rings. The van der Waals surface area contributed by atoms with Gasteiger partial charge in [0.2, 0.25) is 5.91 Å². The first kappa shape index (κ1) is 11.5. The Bertz CT molecular complexity index is 177. The predicted octanol–water partition coefficient (Wildman–Crippen LogP) is 0.0156. The van der Waals surface area contributed by atoms with E-state index < -0.39 is 0 Å². The van der Waals surface area contributed by atoms with E-state index in [1.54, 1.807) is 6.92 Å². The minimum atomic E-state index is -0.146. The second-order valence-electron chi connectivity index (χ2n) is 3.95. The van der Waals surface area contributed by atoms with Crippen LogP contribution in [0.15, 0.2) is 0 Å². The van der Waals surface area contributed by atoms with E-state index in [1.165, 1.54) is 6.42 Å². The van der Waals surface area contributed by atoms with Crippen LogP contribution in [-0.2, 0) is 4.79 Å². The van der Waals surface area contributed by atoms with Gasteiger partial charge in [-0.15, -0.1) is 0 Å². The number of nitrogens with one attached hydrogen (secondary N) is 2. The van der Waals surface area contributed by atoms with E-state index in [4.69, 9.17) is 5.11 Å². The summed E-state index contributed by atoms with van der Waals surface area (Å²) < 4.78 is 0. The molecule has 1 rings (SSSR count). The Hall–Kier alpha value is -0.610. The molecule has 1 amide bonds. The zero-order valence-corrected chi connectivity index (χ0v) is 8.75. The van der Waals surface area contributed by atoms with E-state index in [2.05, 4.69) is 10.6 Å². The predicted molar refractivity (Wildman–Crippen MR) is 54.9 cm³/mol. The van der Waals surface area contributed by atoms with Gasteiger partial charge in [-0.1, -0.05) is 12.8 Å². The Kier molecular flexibility index (Phi) is 4.90. The van der Waals surface area contributed by atoms with Crippen LogP contribution in [0.5, 0.6) is 0 Å². The molecule has 3 N–H and O–H groups in total. The SMILES string of the molecule is CC(CO)NC(=O)C1CCCCCN1. The van der Waals surface area contributed by atoms with Crippen molar-refractivity contribution in [1.82, 2.24) is 10.6 Å². The number of carbonyl (C=O) groups excluding carboxylic acids is 1. The van der Waals surface area contributed by atoms with Crippen LogP contribution in [0.3, 0.4) is 0 Å². The van der Waals surface area contributed by atoms with Gasteiger partial charge in [0.1, 0.15) is 0 Å². The van der Waals surface area contributed by atoms with Crippen molar-refractivity contribution in [3.8, 4) is 0 Å².